The molecular weight excluding hydrogens is 252 g/mol. The second-order valence-electron chi connectivity index (χ2n) is 5.25. The molecule has 1 aromatic carbocycles. The van der Waals surface area contributed by atoms with Crippen molar-refractivity contribution < 1.29 is 0 Å². The van der Waals surface area contributed by atoms with E-state index in [0.717, 1.165) is 18.8 Å². The van der Waals surface area contributed by atoms with E-state index in [1.165, 1.54) is 24.8 Å². The normalized spacial score (nSPS) is 18.1. The van der Waals surface area contributed by atoms with Crippen LogP contribution >= 0.6 is 0 Å². The highest BCUT2D eigenvalue weighted by Gasteiger charge is 2.14. The number of piperidine rings is 1. The van der Waals surface area contributed by atoms with Gasteiger partial charge in [-0.2, -0.15) is 0 Å². The number of nitrogens with one attached hydrogen (secondary N) is 1. The topological polar surface area (TPSA) is 58.9 Å². The molecule has 1 saturated heterocycles. The Morgan fingerprint density at radius 3 is 2.80 bits per heavy atom. The zero-order valence-electron chi connectivity index (χ0n) is 11.7. The number of benzene rings is 1. The number of aromatic nitrogens is 4. The lowest BCUT2D eigenvalue weighted by atomic mass is 10.1. The van der Waals surface area contributed by atoms with E-state index < -0.39 is 0 Å². The highest BCUT2D eigenvalue weighted by atomic mass is 15.5. The second-order valence-corrected chi connectivity index (χ2v) is 5.25. The van der Waals surface area contributed by atoms with Gasteiger partial charge in [0.05, 0.1) is 5.69 Å². The first kappa shape index (κ1) is 13.2. The van der Waals surface area contributed by atoms with Gasteiger partial charge in [-0.15, -0.1) is 5.10 Å². The van der Waals surface area contributed by atoms with Gasteiger partial charge in [0, 0.05) is 19.1 Å². The smallest absolute Gasteiger partial charge is 0.143 e. The van der Waals surface area contributed by atoms with Gasteiger partial charge in [0.15, 0.2) is 0 Å². The molecule has 1 unspecified atom stereocenters. The van der Waals surface area contributed by atoms with Crippen LogP contribution in [0.4, 0.5) is 0 Å². The highest BCUT2D eigenvalue weighted by Crippen LogP contribution is 2.17. The molecule has 2 heterocycles. The Hall–Kier alpha value is -1.79. The van der Waals surface area contributed by atoms with Crippen LogP contribution in [0.1, 0.15) is 37.8 Å². The van der Waals surface area contributed by atoms with Gasteiger partial charge < -0.3 is 0 Å². The molecule has 1 N–H and O–H groups in total. The van der Waals surface area contributed by atoms with Gasteiger partial charge in [0.2, 0.25) is 0 Å². The van der Waals surface area contributed by atoms with Crippen LogP contribution in [0.3, 0.4) is 0 Å². The van der Waals surface area contributed by atoms with Crippen molar-refractivity contribution in [2.45, 2.75) is 32.2 Å². The Labute approximate surface area is 118 Å². The molecule has 0 bridgehead atoms. The Kier molecular flexibility index (Phi) is 4.03. The van der Waals surface area contributed by atoms with Crippen LogP contribution in [0.2, 0.25) is 0 Å². The number of tetrazole rings is 1. The lowest BCUT2D eigenvalue weighted by Gasteiger charge is -2.30. The molecular formula is C14H20N6. The van der Waals surface area contributed by atoms with Crippen LogP contribution in [0.5, 0.6) is 0 Å². The second kappa shape index (κ2) is 6.11. The predicted molar refractivity (Wildman–Crippen MR) is 76.1 cm³/mol. The summed E-state index contributed by atoms with van der Waals surface area (Å²) >= 11 is 0. The van der Waals surface area contributed by atoms with Gasteiger partial charge in [-0.05, 0) is 47.9 Å². The van der Waals surface area contributed by atoms with Crippen molar-refractivity contribution in [2.24, 2.45) is 0 Å². The van der Waals surface area contributed by atoms with Crippen molar-refractivity contribution in [3.8, 4) is 5.69 Å². The maximum atomic E-state index is 3.93. The molecule has 0 saturated carbocycles. The third kappa shape index (κ3) is 3.02. The van der Waals surface area contributed by atoms with Crippen molar-refractivity contribution in [2.75, 3.05) is 13.1 Å². The van der Waals surface area contributed by atoms with Crippen molar-refractivity contribution in [3.63, 3.8) is 0 Å². The molecule has 0 radical (unpaired) electrons. The van der Waals surface area contributed by atoms with Gasteiger partial charge in [0.25, 0.3) is 0 Å². The average molecular weight is 272 g/mol. The lowest BCUT2D eigenvalue weighted by molar-refractivity contribution is 0.133. The first-order valence-corrected chi connectivity index (χ1v) is 7.17. The summed E-state index contributed by atoms with van der Waals surface area (Å²) in [5, 5.41) is 13.6. The van der Waals surface area contributed by atoms with Crippen LogP contribution in [0, 0.1) is 0 Å². The minimum atomic E-state index is 0.282. The largest absolute Gasteiger partial charge is 0.248 e. The number of hydrazine groups is 1. The minimum Gasteiger partial charge on any atom is -0.248 e. The highest BCUT2D eigenvalue weighted by molar-refractivity contribution is 5.35. The third-order valence-electron chi connectivity index (χ3n) is 3.72. The molecule has 1 fully saturated rings. The van der Waals surface area contributed by atoms with E-state index in [4.69, 9.17) is 0 Å². The Morgan fingerprint density at radius 2 is 2.05 bits per heavy atom. The van der Waals surface area contributed by atoms with Crippen LogP contribution in [0.15, 0.2) is 30.6 Å². The Bertz CT molecular complexity index is 532. The van der Waals surface area contributed by atoms with E-state index in [9.17, 15) is 0 Å². The fourth-order valence-corrected chi connectivity index (χ4v) is 2.59. The summed E-state index contributed by atoms with van der Waals surface area (Å²) in [6.07, 6.45) is 5.53. The molecule has 1 atom stereocenters. The summed E-state index contributed by atoms with van der Waals surface area (Å²) in [5.74, 6) is 0. The lowest BCUT2D eigenvalue weighted by Crippen LogP contribution is -2.42. The fraction of sp³-hybridized carbons (Fsp3) is 0.500. The number of hydrogen-bond donors (Lipinski definition) is 1. The standard InChI is InChI=1S/C14H20N6/c1-12(16-19-8-3-2-4-9-19)13-6-5-7-14(10-13)20-11-15-17-18-20/h5-7,10-12,16H,2-4,8-9H2,1H3. The van der Waals surface area contributed by atoms with Gasteiger partial charge in [-0.3, -0.25) is 0 Å². The SMILES string of the molecule is CC(NN1CCCCC1)c1cccc(-n2cnnn2)c1. The van der Waals surface area contributed by atoms with Crippen molar-refractivity contribution in [1.29, 1.82) is 0 Å². The molecule has 3 rings (SSSR count). The molecule has 0 aliphatic carbocycles. The quantitative estimate of drug-likeness (QED) is 0.918. The molecule has 20 heavy (non-hydrogen) atoms. The monoisotopic (exact) mass is 272 g/mol. The zero-order valence-corrected chi connectivity index (χ0v) is 11.7. The Balaban J connectivity index is 1.71. The van der Waals surface area contributed by atoms with E-state index in [1.54, 1.807) is 11.0 Å². The molecule has 1 aromatic heterocycles. The van der Waals surface area contributed by atoms with Crippen molar-refractivity contribution in [1.82, 2.24) is 30.6 Å². The molecule has 6 nitrogen and oxygen atoms in total. The summed E-state index contributed by atoms with van der Waals surface area (Å²) in [6.45, 7) is 4.46. The van der Waals surface area contributed by atoms with Crippen LogP contribution in [0.25, 0.3) is 5.69 Å². The maximum Gasteiger partial charge on any atom is 0.143 e. The molecule has 106 valence electrons. The summed E-state index contributed by atoms with van der Waals surface area (Å²) in [4.78, 5) is 0. The third-order valence-corrected chi connectivity index (χ3v) is 3.72. The molecule has 0 amide bonds. The van der Waals surface area contributed by atoms with Gasteiger partial charge >= 0.3 is 0 Å². The predicted octanol–water partition coefficient (Wildman–Crippen LogP) is 1.71. The van der Waals surface area contributed by atoms with Crippen molar-refractivity contribution in [3.05, 3.63) is 36.2 Å². The summed E-state index contributed by atoms with van der Waals surface area (Å²) in [7, 11) is 0. The van der Waals surface area contributed by atoms with Crippen LogP contribution in [-0.2, 0) is 0 Å². The first-order valence-electron chi connectivity index (χ1n) is 7.17. The summed E-state index contributed by atoms with van der Waals surface area (Å²) < 4.78 is 1.68. The number of nitrogens with zero attached hydrogens (tertiary/aromatic N) is 5. The molecule has 0 spiro atoms. The number of rotatable bonds is 4. The van der Waals surface area contributed by atoms with Crippen LogP contribution < -0.4 is 5.43 Å². The maximum absolute atomic E-state index is 3.93. The summed E-state index contributed by atoms with van der Waals surface area (Å²) in [5.41, 5.74) is 5.81. The van der Waals surface area contributed by atoms with Crippen LogP contribution in [-0.4, -0.2) is 38.3 Å². The van der Waals surface area contributed by atoms with Gasteiger partial charge in [-0.1, -0.05) is 18.6 Å². The minimum absolute atomic E-state index is 0.282. The molecule has 1 aliphatic rings. The van der Waals surface area contributed by atoms with Crippen molar-refractivity contribution >= 4 is 0 Å². The van der Waals surface area contributed by atoms with E-state index >= 15 is 0 Å². The fourth-order valence-electron chi connectivity index (χ4n) is 2.59. The Morgan fingerprint density at radius 1 is 1.20 bits per heavy atom. The summed E-state index contributed by atoms with van der Waals surface area (Å²) in [6, 6.07) is 8.59. The van der Waals surface area contributed by atoms with Gasteiger partial charge in [0.1, 0.15) is 6.33 Å². The van der Waals surface area contributed by atoms with E-state index in [2.05, 4.69) is 45.0 Å². The number of hydrogen-bond acceptors (Lipinski definition) is 5. The van der Waals surface area contributed by atoms with E-state index in [1.807, 2.05) is 12.1 Å². The van der Waals surface area contributed by atoms with E-state index in [-0.39, 0.29) is 6.04 Å². The zero-order chi connectivity index (χ0) is 13.8. The molecule has 1 aliphatic heterocycles. The van der Waals surface area contributed by atoms with Gasteiger partial charge in [-0.25, -0.2) is 15.1 Å². The first-order chi connectivity index (χ1) is 9.83. The molecule has 2 aromatic rings. The average Bonchev–Trinajstić information content (AvgIpc) is 3.03. The molecule has 6 heteroatoms. The van der Waals surface area contributed by atoms with E-state index in [0.29, 0.717) is 0 Å².